The maximum absolute atomic E-state index is 10.9. The van der Waals surface area contributed by atoms with Crippen LogP contribution in [0, 0.1) is 0 Å². The van der Waals surface area contributed by atoms with Crippen LogP contribution < -0.4 is 15.6 Å². The third kappa shape index (κ3) is 2.74. The number of nitrogens with zero attached hydrogens (tertiary/aromatic N) is 2. The summed E-state index contributed by atoms with van der Waals surface area (Å²) >= 11 is 0. The predicted octanol–water partition coefficient (Wildman–Crippen LogP) is 0.0699. The summed E-state index contributed by atoms with van der Waals surface area (Å²) in [7, 11) is -3.82. The fourth-order valence-electron chi connectivity index (χ4n) is 1.35. The van der Waals surface area contributed by atoms with E-state index in [9.17, 15) is 8.42 Å². The van der Waals surface area contributed by atoms with Gasteiger partial charge in [-0.2, -0.15) is 13.5 Å². The molecule has 2 rings (SSSR count). The van der Waals surface area contributed by atoms with Crippen molar-refractivity contribution in [2.75, 3.05) is 10.5 Å². The molecule has 0 atom stereocenters. The van der Waals surface area contributed by atoms with E-state index < -0.39 is 10.2 Å². The van der Waals surface area contributed by atoms with E-state index in [0.29, 0.717) is 11.4 Å². The lowest BCUT2D eigenvalue weighted by Gasteiger charge is -2.08. The van der Waals surface area contributed by atoms with E-state index in [-0.39, 0.29) is 5.82 Å². The Kier molecular flexibility index (Phi) is 2.74. The first-order valence-electron chi connectivity index (χ1n) is 4.66. The van der Waals surface area contributed by atoms with Crippen molar-refractivity contribution in [2.24, 2.45) is 5.14 Å². The number of anilines is 2. The van der Waals surface area contributed by atoms with Gasteiger partial charge in [0.25, 0.3) is 10.2 Å². The van der Waals surface area contributed by atoms with Crippen molar-refractivity contribution < 1.29 is 8.42 Å². The number of hydrogen-bond acceptors (Lipinski definition) is 4. The summed E-state index contributed by atoms with van der Waals surface area (Å²) in [6, 6.07) is 8.32. The van der Waals surface area contributed by atoms with Crippen molar-refractivity contribution in [1.82, 2.24) is 9.78 Å². The molecule has 0 radical (unpaired) electrons. The SMILES string of the molecule is Nc1ccc(-n2nccc2NS(N)(=O)=O)cc1. The molecule has 1 heterocycles. The second kappa shape index (κ2) is 4.07. The van der Waals surface area contributed by atoms with Crippen molar-refractivity contribution in [2.45, 2.75) is 0 Å². The molecule has 17 heavy (non-hydrogen) atoms. The Morgan fingerprint density at radius 1 is 1.18 bits per heavy atom. The molecule has 0 fully saturated rings. The molecule has 0 saturated heterocycles. The van der Waals surface area contributed by atoms with Gasteiger partial charge in [0.05, 0.1) is 11.9 Å². The van der Waals surface area contributed by atoms with Gasteiger partial charge in [-0.1, -0.05) is 0 Å². The molecular weight excluding hydrogens is 242 g/mol. The summed E-state index contributed by atoms with van der Waals surface area (Å²) in [5.74, 6) is 0.261. The molecule has 0 amide bonds. The lowest BCUT2D eigenvalue weighted by atomic mass is 10.3. The fourth-order valence-corrected chi connectivity index (χ4v) is 1.79. The Bertz CT molecular complexity index is 617. The molecular formula is C9H11N5O2S. The van der Waals surface area contributed by atoms with E-state index in [1.165, 1.54) is 16.9 Å². The second-order valence-electron chi connectivity index (χ2n) is 3.37. The molecule has 0 spiro atoms. The molecule has 5 N–H and O–H groups in total. The lowest BCUT2D eigenvalue weighted by molar-refractivity contribution is 0.602. The lowest BCUT2D eigenvalue weighted by Crippen LogP contribution is -2.23. The smallest absolute Gasteiger partial charge is 0.297 e. The first-order valence-corrected chi connectivity index (χ1v) is 6.21. The van der Waals surface area contributed by atoms with Crippen molar-refractivity contribution in [1.29, 1.82) is 0 Å². The normalized spacial score (nSPS) is 11.4. The largest absolute Gasteiger partial charge is 0.399 e. The van der Waals surface area contributed by atoms with Gasteiger partial charge in [-0.3, -0.25) is 4.72 Å². The zero-order chi connectivity index (χ0) is 12.5. The number of nitrogens with one attached hydrogen (secondary N) is 1. The van der Waals surface area contributed by atoms with Gasteiger partial charge in [-0.25, -0.2) is 9.82 Å². The van der Waals surface area contributed by atoms with Gasteiger partial charge in [-0.05, 0) is 24.3 Å². The minimum Gasteiger partial charge on any atom is -0.399 e. The summed E-state index contributed by atoms with van der Waals surface area (Å²) in [6.45, 7) is 0. The van der Waals surface area contributed by atoms with E-state index in [1.807, 2.05) is 0 Å². The maximum Gasteiger partial charge on any atom is 0.297 e. The molecule has 0 saturated carbocycles. The molecule has 8 heteroatoms. The van der Waals surface area contributed by atoms with Gasteiger partial charge in [0.2, 0.25) is 0 Å². The standard InChI is InChI=1S/C9H11N5O2S/c10-7-1-3-8(4-2-7)14-9(5-6-12-14)13-17(11,15)16/h1-6,13H,10H2,(H2,11,15,16). The molecule has 2 aromatic rings. The Hall–Kier alpha value is -2.06. The van der Waals surface area contributed by atoms with E-state index >= 15 is 0 Å². The second-order valence-corrected chi connectivity index (χ2v) is 4.66. The van der Waals surface area contributed by atoms with Crippen LogP contribution >= 0.6 is 0 Å². The zero-order valence-electron chi connectivity index (χ0n) is 8.74. The van der Waals surface area contributed by atoms with E-state index in [2.05, 4.69) is 9.82 Å². The van der Waals surface area contributed by atoms with Gasteiger partial charge < -0.3 is 5.73 Å². The Balaban J connectivity index is 2.40. The number of nitrogens with two attached hydrogens (primary N) is 2. The highest BCUT2D eigenvalue weighted by Gasteiger charge is 2.09. The van der Waals surface area contributed by atoms with E-state index in [4.69, 9.17) is 10.9 Å². The molecule has 0 unspecified atom stereocenters. The van der Waals surface area contributed by atoms with Crippen LogP contribution in [-0.2, 0) is 10.2 Å². The number of aromatic nitrogens is 2. The minimum atomic E-state index is -3.82. The van der Waals surface area contributed by atoms with Gasteiger partial charge in [-0.15, -0.1) is 0 Å². The first-order chi connectivity index (χ1) is 7.96. The average molecular weight is 253 g/mol. The number of hydrogen-bond donors (Lipinski definition) is 3. The quantitative estimate of drug-likeness (QED) is 0.671. The van der Waals surface area contributed by atoms with Crippen LogP contribution in [0.1, 0.15) is 0 Å². The molecule has 1 aromatic heterocycles. The van der Waals surface area contributed by atoms with Crippen molar-refractivity contribution in [3.8, 4) is 5.69 Å². The zero-order valence-corrected chi connectivity index (χ0v) is 9.55. The molecule has 90 valence electrons. The molecule has 0 bridgehead atoms. The van der Waals surface area contributed by atoms with Crippen LogP contribution in [0.25, 0.3) is 5.69 Å². The Labute approximate surface area is 98.2 Å². The summed E-state index contributed by atoms with van der Waals surface area (Å²) in [6.07, 6.45) is 1.46. The number of benzene rings is 1. The van der Waals surface area contributed by atoms with Gasteiger partial charge in [0.1, 0.15) is 5.82 Å². The predicted molar refractivity (Wildman–Crippen MR) is 64.7 cm³/mol. The highest BCUT2D eigenvalue weighted by Crippen LogP contribution is 2.16. The van der Waals surface area contributed by atoms with Crippen LogP contribution in [-0.4, -0.2) is 18.2 Å². The van der Waals surface area contributed by atoms with Crippen molar-refractivity contribution in [3.63, 3.8) is 0 Å². The van der Waals surface area contributed by atoms with Gasteiger partial charge in [0, 0.05) is 11.8 Å². The fraction of sp³-hybridized carbons (Fsp3) is 0. The molecule has 0 aliphatic rings. The molecule has 0 aliphatic carbocycles. The molecule has 7 nitrogen and oxygen atoms in total. The van der Waals surface area contributed by atoms with Crippen LogP contribution in [0.15, 0.2) is 36.5 Å². The Morgan fingerprint density at radius 3 is 2.41 bits per heavy atom. The van der Waals surface area contributed by atoms with E-state index in [0.717, 1.165) is 0 Å². The first kappa shape index (κ1) is 11.4. The van der Waals surface area contributed by atoms with Crippen molar-refractivity contribution in [3.05, 3.63) is 36.5 Å². The van der Waals surface area contributed by atoms with Gasteiger partial charge >= 0.3 is 0 Å². The summed E-state index contributed by atoms with van der Waals surface area (Å²) in [5, 5.41) is 8.89. The third-order valence-electron chi connectivity index (χ3n) is 2.03. The highest BCUT2D eigenvalue weighted by molar-refractivity contribution is 7.90. The Morgan fingerprint density at radius 2 is 1.82 bits per heavy atom. The summed E-state index contributed by atoms with van der Waals surface area (Å²) in [5.41, 5.74) is 6.85. The van der Waals surface area contributed by atoms with Crippen LogP contribution in [0.5, 0.6) is 0 Å². The van der Waals surface area contributed by atoms with Crippen LogP contribution in [0.2, 0.25) is 0 Å². The molecule has 1 aromatic carbocycles. The highest BCUT2D eigenvalue weighted by atomic mass is 32.2. The topological polar surface area (TPSA) is 116 Å². The summed E-state index contributed by atoms with van der Waals surface area (Å²) < 4.78 is 25.5. The van der Waals surface area contributed by atoms with E-state index in [1.54, 1.807) is 24.3 Å². The summed E-state index contributed by atoms with van der Waals surface area (Å²) in [4.78, 5) is 0. The van der Waals surface area contributed by atoms with Crippen LogP contribution in [0.3, 0.4) is 0 Å². The monoisotopic (exact) mass is 253 g/mol. The number of rotatable bonds is 3. The number of nitrogen functional groups attached to an aromatic ring is 1. The van der Waals surface area contributed by atoms with Crippen LogP contribution in [0.4, 0.5) is 11.5 Å². The van der Waals surface area contributed by atoms with Gasteiger partial charge in [0.15, 0.2) is 0 Å². The maximum atomic E-state index is 10.9. The molecule has 0 aliphatic heterocycles. The van der Waals surface area contributed by atoms with Crippen molar-refractivity contribution >= 4 is 21.7 Å². The minimum absolute atomic E-state index is 0.261. The average Bonchev–Trinajstić information content (AvgIpc) is 2.64. The third-order valence-corrected chi connectivity index (χ3v) is 2.52.